The quantitative estimate of drug-likeness (QED) is 0.582. The molecular formula is C20H26O4. The zero-order valence-electron chi connectivity index (χ0n) is 14.5. The molecular weight excluding hydrogens is 304 g/mol. The van der Waals surface area contributed by atoms with Crippen molar-refractivity contribution in [1.82, 2.24) is 0 Å². The van der Waals surface area contributed by atoms with Gasteiger partial charge in [0.2, 0.25) is 0 Å². The van der Waals surface area contributed by atoms with Crippen molar-refractivity contribution in [2.75, 3.05) is 13.2 Å². The third-order valence-electron chi connectivity index (χ3n) is 4.47. The Morgan fingerprint density at radius 1 is 1.08 bits per heavy atom. The normalized spacial score (nSPS) is 20.2. The maximum absolute atomic E-state index is 12.1. The predicted octanol–water partition coefficient (Wildman–Crippen LogP) is 4.08. The Labute approximate surface area is 143 Å². The largest absolute Gasteiger partial charge is 0.462 e. The fourth-order valence-corrected chi connectivity index (χ4v) is 2.93. The molecule has 0 unspecified atom stereocenters. The van der Waals surface area contributed by atoms with E-state index in [-0.39, 0.29) is 11.9 Å². The van der Waals surface area contributed by atoms with Crippen molar-refractivity contribution in [3.8, 4) is 0 Å². The third-order valence-corrected chi connectivity index (χ3v) is 4.47. The summed E-state index contributed by atoms with van der Waals surface area (Å²) >= 11 is 0. The van der Waals surface area contributed by atoms with Gasteiger partial charge in [-0.25, -0.2) is 9.59 Å². The number of hydrogen-bond acceptors (Lipinski definition) is 4. The summed E-state index contributed by atoms with van der Waals surface area (Å²) in [5.41, 5.74) is 2.09. The van der Waals surface area contributed by atoms with Gasteiger partial charge >= 0.3 is 11.9 Å². The van der Waals surface area contributed by atoms with Gasteiger partial charge in [-0.2, -0.15) is 0 Å². The minimum atomic E-state index is -0.316. The Morgan fingerprint density at radius 3 is 2.21 bits per heavy atom. The van der Waals surface area contributed by atoms with E-state index in [1.165, 1.54) is 0 Å². The summed E-state index contributed by atoms with van der Waals surface area (Å²) in [6, 6.07) is 7.44. The van der Waals surface area contributed by atoms with Gasteiger partial charge in [-0.15, -0.1) is 0 Å². The van der Waals surface area contributed by atoms with Crippen molar-refractivity contribution in [2.24, 2.45) is 11.8 Å². The van der Waals surface area contributed by atoms with Crippen LogP contribution in [0.15, 0.2) is 36.4 Å². The molecule has 1 aromatic carbocycles. The van der Waals surface area contributed by atoms with Crippen LogP contribution in [-0.2, 0) is 14.3 Å². The lowest BCUT2D eigenvalue weighted by Gasteiger charge is -2.27. The average Bonchev–Trinajstić information content (AvgIpc) is 2.58. The van der Waals surface area contributed by atoms with Crippen LogP contribution >= 0.6 is 0 Å². The van der Waals surface area contributed by atoms with Crippen molar-refractivity contribution < 1.29 is 19.1 Å². The molecule has 0 amide bonds. The molecule has 0 aliphatic heterocycles. The number of hydrogen-bond donors (Lipinski definition) is 0. The van der Waals surface area contributed by atoms with Crippen LogP contribution in [0.25, 0.3) is 0 Å². The Morgan fingerprint density at radius 2 is 1.67 bits per heavy atom. The van der Waals surface area contributed by atoms with E-state index >= 15 is 0 Å². The van der Waals surface area contributed by atoms with E-state index < -0.39 is 0 Å². The Balaban J connectivity index is 1.69. The molecule has 1 aliphatic rings. The van der Waals surface area contributed by atoms with Crippen molar-refractivity contribution in [3.05, 3.63) is 47.5 Å². The topological polar surface area (TPSA) is 52.6 Å². The molecule has 1 fully saturated rings. The summed E-state index contributed by atoms with van der Waals surface area (Å²) < 4.78 is 10.7. The molecule has 0 atom stereocenters. The van der Waals surface area contributed by atoms with Crippen molar-refractivity contribution in [2.45, 2.75) is 39.5 Å². The van der Waals surface area contributed by atoms with E-state index in [1.807, 2.05) is 25.1 Å². The van der Waals surface area contributed by atoms with Crippen LogP contribution in [0, 0.1) is 18.8 Å². The van der Waals surface area contributed by atoms with Crippen molar-refractivity contribution in [1.29, 1.82) is 0 Å². The van der Waals surface area contributed by atoms with Gasteiger partial charge in [0.05, 0.1) is 18.8 Å². The number of aryl methyl sites for hydroxylation is 1. The first-order valence-electron chi connectivity index (χ1n) is 8.52. The average molecular weight is 330 g/mol. The van der Waals surface area contributed by atoms with Crippen LogP contribution in [0.2, 0.25) is 0 Å². The number of rotatable bonds is 6. The van der Waals surface area contributed by atoms with Gasteiger partial charge < -0.3 is 9.47 Å². The number of esters is 2. The highest BCUT2D eigenvalue weighted by Gasteiger charge is 2.23. The van der Waals surface area contributed by atoms with E-state index in [2.05, 4.69) is 6.58 Å². The summed E-state index contributed by atoms with van der Waals surface area (Å²) in [5, 5.41) is 0. The second-order valence-corrected chi connectivity index (χ2v) is 6.73. The van der Waals surface area contributed by atoms with Crippen molar-refractivity contribution >= 4 is 11.9 Å². The van der Waals surface area contributed by atoms with Gasteiger partial charge in [0, 0.05) is 5.57 Å². The molecule has 1 saturated carbocycles. The Kier molecular flexibility index (Phi) is 6.59. The summed E-state index contributed by atoms with van der Waals surface area (Å²) in [7, 11) is 0. The van der Waals surface area contributed by atoms with Gasteiger partial charge in [0.1, 0.15) is 0 Å². The van der Waals surface area contributed by atoms with Crippen LogP contribution in [0.4, 0.5) is 0 Å². The second-order valence-electron chi connectivity index (χ2n) is 6.73. The third kappa shape index (κ3) is 5.52. The predicted molar refractivity (Wildman–Crippen MR) is 92.7 cm³/mol. The summed E-state index contributed by atoms with van der Waals surface area (Å²) in [6.07, 6.45) is 3.99. The van der Waals surface area contributed by atoms with Crippen molar-refractivity contribution in [3.63, 3.8) is 0 Å². The molecule has 0 saturated heterocycles. The first-order valence-corrected chi connectivity index (χ1v) is 8.52. The van der Waals surface area contributed by atoms with Gasteiger partial charge in [0.25, 0.3) is 0 Å². The molecule has 0 heterocycles. The first-order chi connectivity index (χ1) is 11.5. The highest BCUT2D eigenvalue weighted by molar-refractivity contribution is 5.89. The van der Waals surface area contributed by atoms with Crippen LogP contribution in [0.5, 0.6) is 0 Å². The lowest BCUT2D eigenvalue weighted by molar-refractivity contribution is -0.140. The van der Waals surface area contributed by atoms with E-state index in [0.717, 1.165) is 31.2 Å². The monoisotopic (exact) mass is 330 g/mol. The minimum Gasteiger partial charge on any atom is -0.462 e. The van der Waals surface area contributed by atoms with Gasteiger partial charge in [-0.1, -0.05) is 24.3 Å². The highest BCUT2D eigenvalue weighted by atomic mass is 16.5. The van der Waals surface area contributed by atoms with E-state index in [1.54, 1.807) is 13.0 Å². The zero-order valence-corrected chi connectivity index (χ0v) is 14.5. The van der Waals surface area contributed by atoms with Gasteiger partial charge in [0.15, 0.2) is 0 Å². The molecule has 130 valence electrons. The fourth-order valence-electron chi connectivity index (χ4n) is 2.93. The SMILES string of the molecule is C=C(C)C(=O)OCC1CCC(COC(=O)c2cccc(C)c2)CC1. The summed E-state index contributed by atoms with van der Waals surface area (Å²) in [4.78, 5) is 23.5. The molecule has 0 N–H and O–H groups in total. The summed E-state index contributed by atoms with van der Waals surface area (Å²) in [5.74, 6) is 0.226. The number of carbonyl (C=O) groups excluding carboxylic acids is 2. The molecule has 0 spiro atoms. The maximum Gasteiger partial charge on any atom is 0.338 e. The van der Waals surface area contributed by atoms with Crippen LogP contribution in [0.3, 0.4) is 0 Å². The fraction of sp³-hybridized carbons (Fsp3) is 0.500. The summed E-state index contributed by atoms with van der Waals surface area (Å²) in [6.45, 7) is 8.11. The molecule has 4 nitrogen and oxygen atoms in total. The molecule has 1 aromatic rings. The van der Waals surface area contributed by atoms with E-state index in [4.69, 9.17) is 9.47 Å². The smallest absolute Gasteiger partial charge is 0.338 e. The number of carbonyl (C=O) groups is 2. The lowest BCUT2D eigenvalue weighted by Crippen LogP contribution is -2.24. The molecule has 1 aliphatic carbocycles. The molecule has 0 radical (unpaired) electrons. The number of ether oxygens (including phenoxy) is 2. The molecule has 24 heavy (non-hydrogen) atoms. The van der Waals surface area contributed by atoms with Gasteiger partial charge in [-0.3, -0.25) is 0 Å². The molecule has 0 aromatic heterocycles. The maximum atomic E-state index is 12.1. The molecule has 0 bridgehead atoms. The first kappa shape index (κ1) is 18.2. The Bertz CT molecular complexity index is 597. The van der Waals surface area contributed by atoms with E-state index in [9.17, 15) is 9.59 Å². The van der Waals surface area contributed by atoms with Crippen LogP contribution in [0.1, 0.15) is 48.5 Å². The highest BCUT2D eigenvalue weighted by Crippen LogP contribution is 2.29. The van der Waals surface area contributed by atoms with Gasteiger partial charge in [-0.05, 0) is 63.5 Å². The second kappa shape index (κ2) is 8.67. The van der Waals surface area contributed by atoms with Crippen LogP contribution < -0.4 is 0 Å². The van der Waals surface area contributed by atoms with Crippen LogP contribution in [-0.4, -0.2) is 25.2 Å². The lowest BCUT2D eigenvalue weighted by atomic mass is 9.83. The minimum absolute atomic E-state index is 0.254. The molecule has 4 heteroatoms. The van der Waals surface area contributed by atoms with E-state index in [0.29, 0.717) is 36.2 Å². The number of benzene rings is 1. The Hall–Kier alpha value is -2.10. The zero-order chi connectivity index (χ0) is 17.5. The standard InChI is InChI=1S/C20H26O4/c1-14(2)19(21)23-12-16-7-9-17(10-8-16)13-24-20(22)18-6-4-5-15(3)11-18/h4-6,11,16-17H,1,7-10,12-13H2,2-3H3. The molecule has 2 rings (SSSR count).